The first-order valence-electron chi connectivity index (χ1n) is 22.6. The summed E-state index contributed by atoms with van der Waals surface area (Å²) in [6.45, 7) is 15.8. The quantitative estimate of drug-likeness (QED) is 0.0508. The summed E-state index contributed by atoms with van der Waals surface area (Å²) >= 11 is 0. The second-order valence-corrected chi connectivity index (χ2v) is 14.8. The summed E-state index contributed by atoms with van der Waals surface area (Å²) in [5, 5.41) is 3.59. The first-order valence-corrected chi connectivity index (χ1v) is 22.6. The lowest BCUT2D eigenvalue weighted by Gasteiger charge is -2.18. The highest BCUT2D eigenvalue weighted by Crippen LogP contribution is 2.21. The fraction of sp³-hybridized carbons (Fsp3) is 0.956. The third-order valence-electron chi connectivity index (χ3n) is 10.00. The molecule has 0 aliphatic heterocycles. The van der Waals surface area contributed by atoms with Gasteiger partial charge >= 0.3 is 11.9 Å². The highest BCUT2D eigenvalue weighted by molar-refractivity contribution is 5.69. The topological polar surface area (TPSA) is 64.6 Å². The first kappa shape index (κ1) is 51.0. The van der Waals surface area contributed by atoms with Crippen LogP contribution < -0.4 is 5.32 Å². The van der Waals surface area contributed by atoms with Gasteiger partial charge in [0.15, 0.2) is 0 Å². The van der Waals surface area contributed by atoms with Crippen molar-refractivity contribution >= 4 is 11.9 Å². The molecule has 0 aromatic heterocycles. The van der Waals surface area contributed by atoms with E-state index in [1.54, 1.807) is 0 Å². The summed E-state index contributed by atoms with van der Waals surface area (Å²) in [5.41, 5.74) is 0. The fourth-order valence-electron chi connectivity index (χ4n) is 6.69. The molecule has 0 spiro atoms. The van der Waals surface area contributed by atoms with Crippen LogP contribution in [0.1, 0.15) is 247 Å². The standard InChI is InChI=1S/C43H85NO4.C2H6/c1-5-9-13-15-19-25-33-41(32-24-18-14-10-6-2)48-43(46)35-27-21-17-23-29-38-44-37-28-22-16-20-26-34-42(45)47-39-36-40(30-11-7-3)31-12-8-4;1-2/h40-41,44H,5-39H2,1-4H3;1-2H3. The van der Waals surface area contributed by atoms with Crippen molar-refractivity contribution in [3.05, 3.63) is 0 Å². The number of carbonyl (C=O) groups is 2. The molecule has 0 saturated carbocycles. The molecular weight excluding hydrogens is 618 g/mol. The van der Waals surface area contributed by atoms with Crippen molar-refractivity contribution in [2.24, 2.45) is 5.92 Å². The van der Waals surface area contributed by atoms with Gasteiger partial charge in [0.1, 0.15) is 6.10 Å². The molecule has 0 radical (unpaired) electrons. The van der Waals surface area contributed by atoms with Crippen LogP contribution in [-0.4, -0.2) is 37.7 Å². The lowest BCUT2D eigenvalue weighted by atomic mass is 9.93. The summed E-state index contributed by atoms with van der Waals surface area (Å²) in [6.07, 6.45) is 37.6. The van der Waals surface area contributed by atoms with E-state index in [4.69, 9.17) is 9.47 Å². The Morgan fingerprint density at radius 1 is 0.440 bits per heavy atom. The largest absolute Gasteiger partial charge is 0.466 e. The first-order chi connectivity index (χ1) is 24.6. The van der Waals surface area contributed by atoms with Gasteiger partial charge in [0, 0.05) is 12.8 Å². The van der Waals surface area contributed by atoms with Crippen LogP contribution in [0.4, 0.5) is 0 Å². The van der Waals surface area contributed by atoms with Gasteiger partial charge < -0.3 is 14.8 Å². The van der Waals surface area contributed by atoms with Crippen molar-refractivity contribution in [1.29, 1.82) is 0 Å². The van der Waals surface area contributed by atoms with Crippen LogP contribution in [0, 0.1) is 5.92 Å². The van der Waals surface area contributed by atoms with Crippen molar-refractivity contribution < 1.29 is 19.1 Å². The molecule has 0 fully saturated rings. The summed E-state index contributed by atoms with van der Waals surface area (Å²) in [6, 6.07) is 0. The average molecular weight is 710 g/mol. The predicted molar refractivity (Wildman–Crippen MR) is 219 cm³/mol. The second kappa shape index (κ2) is 44.1. The molecule has 0 rings (SSSR count). The van der Waals surface area contributed by atoms with E-state index in [0.717, 1.165) is 64.0 Å². The van der Waals surface area contributed by atoms with E-state index in [9.17, 15) is 9.59 Å². The number of esters is 2. The van der Waals surface area contributed by atoms with Gasteiger partial charge in [-0.15, -0.1) is 0 Å². The zero-order valence-corrected chi connectivity index (χ0v) is 35.0. The number of hydrogen-bond acceptors (Lipinski definition) is 5. The molecule has 0 aliphatic rings. The molecule has 0 saturated heterocycles. The Kier molecular flexibility index (Phi) is 44.9. The molecule has 0 aromatic rings. The minimum absolute atomic E-state index is 0.00253. The van der Waals surface area contributed by atoms with Crippen molar-refractivity contribution in [1.82, 2.24) is 5.32 Å². The Balaban J connectivity index is 0. The van der Waals surface area contributed by atoms with Crippen LogP contribution in [-0.2, 0) is 19.1 Å². The van der Waals surface area contributed by atoms with Gasteiger partial charge in [-0.25, -0.2) is 0 Å². The van der Waals surface area contributed by atoms with E-state index in [1.165, 1.54) is 148 Å². The van der Waals surface area contributed by atoms with Gasteiger partial charge in [-0.2, -0.15) is 0 Å². The zero-order valence-electron chi connectivity index (χ0n) is 35.0. The fourth-order valence-corrected chi connectivity index (χ4v) is 6.69. The number of ether oxygens (including phenoxy) is 2. The molecule has 5 heteroatoms. The van der Waals surface area contributed by atoms with Crippen molar-refractivity contribution in [2.45, 2.75) is 253 Å². The van der Waals surface area contributed by atoms with E-state index in [1.807, 2.05) is 13.8 Å². The molecule has 0 aliphatic carbocycles. The maximum Gasteiger partial charge on any atom is 0.306 e. The number of rotatable bonds is 39. The Labute approximate surface area is 314 Å². The summed E-state index contributed by atoms with van der Waals surface area (Å²) in [5.74, 6) is 0.753. The van der Waals surface area contributed by atoms with E-state index in [-0.39, 0.29) is 18.0 Å². The third kappa shape index (κ3) is 39.7. The number of carbonyl (C=O) groups excluding carboxylic acids is 2. The van der Waals surface area contributed by atoms with Gasteiger partial charge in [-0.1, -0.05) is 176 Å². The molecule has 5 nitrogen and oxygen atoms in total. The highest BCUT2D eigenvalue weighted by Gasteiger charge is 2.14. The molecular formula is C45H91NO4. The third-order valence-corrected chi connectivity index (χ3v) is 10.00. The van der Waals surface area contributed by atoms with Crippen LogP contribution in [0.3, 0.4) is 0 Å². The SMILES string of the molecule is CC.CCCCCCCCC(CCCCCCC)OC(=O)CCCCCCCNCCCCCCCC(=O)OCCC(CCCC)CCCC. The summed E-state index contributed by atoms with van der Waals surface area (Å²) in [7, 11) is 0. The van der Waals surface area contributed by atoms with Gasteiger partial charge in [-0.05, 0) is 76.8 Å². The molecule has 0 aromatic carbocycles. The number of unbranched alkanes of at least 4 members (excludes halogenated alkanes) is 19. The van der Waals surface area contributed by atoms with Gasteiger partial charge in [0.05, 0.1) is 6.61 Å². The van der Waals surface area contributed by atoms with E-state index in [2.05, 4.69) is 33.0 Å². The molecule has 300 valence electrons. The molecule has 0 heterocycles. The molecule has 0 amide bonds. The number of hydrogen-bond donors (Lipinski definition) is 1. The Morgan fingerprint density at radius 2 is 0.840 bits per heavy atom. The maximum atomic E-state index is 12.6. The molecule has 1 unspecified atom stereocenters. The van der Waals surface area contributed by atoms with E-state index >= 15 is 0 Å². The van der Waals surface area contributed by atoms with Gasteiger partial charge in [-0.3, -0.25) is 9.59 Å². The highest BCUT2D eigenvalue weighted by atomic mass is 16.5. The van der Waals surface area contributed by atoms with Crippen LogP contribution in [0.5, 0.6) is 0 Å². The maximum absolute atomic E-state index is 12.6. The molecule has 0 bridgehead atoms. The van der Waals surface area contributed by atoms with Gasteiger partial charge in [0.2, 0.25) is 0 Å². The van der Waals surface area contributed by atoms with Crippen molar-refractivity contribution in [3.8, 4) is 0 Å². The number of nitrogens with one attached hydrogen (secondary N) is 1. The minimum atomic E-state index is -0.00253. The van der Waals surface area contributed by atoms with E-state index in [0.29, 0.717) is 19.4 Å². The average Bonchev–Trinajstić information content (AvgIpc) is 3.12. The minimum Gasteiger partial charge on any atom is -0.466 e. The lowest BCUT2D eigenvalue weighted by molar-refractivity contribution is -0.150. The van der Waals surface area contributed by atoms with Gasteiger partial charge in [0.25, 0.3) is 0 Å². The Bertz CT molecular complexity index is 661. The lowest BCUT2D eigenvalue weighted by Crippen LogP contribution is -2.18. The van der Waals surface area contributed by atoms with Crippen LogP contribution in [0.25, 0.3) is 0 Å². The Morgan fingerprint density at radius 3 is 1.32 bits per heavy atom. The van der Waals surface area contributed by atoms with Crippen LogP contribution in [0.15, 0.2) is 0 Å². The smallest absolute Gasteiger partial charge is 0.306 e. The van der Waals surface area contributed by atoms with Crippen LogP contribution >= 0.6 is 0 Å². The van der Waals surface area contributed by atoms with E-state index < -0.39 is 0 Å². The van der Waals surface area contributed by atoms with Crippen molar-refractivity contribution in [2.75, 3.05) is 19.7 Å². The monoisotopic (exact) mass is 710 g/mol. The summed E-state index contributed by atoms with van der Waals surface area (Å²) in [4.78, 5) is 24.7. The van der Waals surface area contributed by atoms with Crippen LogP contribution in [0.2, 0.25) is 0 Å². The molecule has 1 N–H and O–H groups in total. The van der Waals surface area contributed by atoms with Crippen molar-refractivity contribution in [3.63, 3.8) is 0 Å². The predicted octanol–water partition coefficient (Wildman–Crippen LogP) is 14.2. The second-order valence-electron chi connectivity index (χ2n) is 14.8. The normalized spacial score (nSPS) is 11.7. The summed E-state index contributed by atoms with van der Waals surface area (Å²) < 4.78 is 11.5. The molecule has 50 heavy (non-hydrogen) atoms. The molecule has 1 atom stereocenters. The Hall–Kier alpha value is -1.10. The zero-order chi connectivity index (χ0) is 37.2.